The number of hydrogen-bond acceptors (Lipinski definition) is 6. The molecule has 6 heteroatoms. The summed E-state index contributed by atoms with van der Waals surface area (Å²) in [4.78, 5) is 12.6. The van der Waals surface area contributed by atoms with Crippen molar-refractivity contribution >= 4 is 17.2 Å². The Labute approximate surface area is 129 Å². The molecule has 21 heavy (non-hydrogen) atoms. The van der Waals surface area contributed by atoms with Crippen molar-refractivity contribution in [2.24, 2.45) is 5.73 Å². The van der Waals surface area contributed by atoms with Crippen LogP contribution in [0.4, 0.5) is 5.82 Å². The fraction of sp³-hybridized carbons (Fsp3) is 0.467. The molecule has 2 aromatic rings. The molecule has 3 N–H and O–H groups in total. The zero-order valence-electron chi connectivity index (χ0n) is 12.5. The number of hydrogen-bond donors (Lipinski definition) is 2. The van der Waals surface area contributed by atoms with Gasteiger partial charge in [0.15, 0.2) is 0 Å². The first-order valence-corrected chi connectivity index (χ1v) is 8.06. The summed E-state index contributed by atoms with van der Waals surface area (Å²) in [5.74, 6) is 0.943. The largest absolute Gasteiger partial charge is 0.352 e. The molecular formula is C15H21N5S. The van der Waals surface area contributed by atoms with Gasteiger partial charge in [-0.2, -0.15) is 0 Å². The molecule has 0 spiro atoms. The molecule has 112 valence electrons. The molecule has 0 radical (unpaired) electrons. The monoisotopic (exact) mass is 303 g/mol. The van der Waals surface area contributed by atoms with Crippen molar-refractivity contribution in [2.45, 2.75) is 25.9 Å². The van der Waals surface area contributed by atoms with Crippen LogP contribution in [0, 0.1) is 0 Å². The molecule has 3 rings (SSSR count). The number of piperazine rings is 1. The van der Waals surface area contributed by atoms with Gasteiger partial charge in [-0.25, -0.2) is 4.98 Å². The second-order valence-corrected chi connectivity index (χ2v) is 6.89. The van der Waals surface area contributed by atoms with Crippen LogP contribution >= 0.6 is 11.3 Å². The van der Waals surface area contributed by atoms with Gasteiger partial charge in [-0.1, -0.05) is 0 Å². The predicted octanol–water partition coefficient (Wildman–Crippen LogP) is 1.85. The van der Waals surface area contributed by atoms with E-state index in [0.29, 0.717) is 6.54 Å². The van der Waals surface area contributed by atoms with Gasteiger partial charge in [-0.15, -0.1) is 11.3 Å². The van der Waals surface area contributed by atoms with E-state index in [1.807, 2.05) is 12.4 Å². The first-order chi connectivity index (χ1) is 10.1. The summed E-state index contributed by atoms with van der Waals surface area (Å²) in [5.41, 5.74) is 7.93. The van der Waals surface area contributed by atoms with Crippen LogP contribution in [0.1, 0.15) is 19.4 Å². The van der Waals surface area contributed by atoms with E-state index in [0.717, 1.165) is 41.6 Å². The summed E-state index contributed by atoms with van der Waals surface area (Å²) in [5, 5.41) is 5.57. The van der Waals surface area contributed by atoms with Crippen LogP contribution in [0.25, 0.3) is 10.6 Å². The lowest BCUT2D eigenvalue weighted by molar-refractivity contribution is 0.351. The number of nitrogens with two attached hydrogens (primary N) is 1. The Morgan fingerprint density at radius 1 is 1.43 bits per heavy atom. The molecule has 0 unspecified atom stereocenters. The number of nitrogens with one attached hydrogen (secondary N) is 1. The first-order valence-electron chi connectivity index (χ1n) is 7.18. The van der Waals surface area contributed by atoms with Gasteiger partial charge in [0.2, 0.25) is 0 Å². The maximum Gasteiger partial charge on any atom is 0.147 e. The van der Waals surface area contributed by atoms with Gasteiger partial charge in [-0.05, 0) is 30.9 Å². The van der Waals surface area contributed by atoms with Crippen LogP contribution in [-0.2, 0) is 6.54 Å². The molecule has 0 bridgehead atoms. The summed E-state index contributed by atoms with van der Waals surface area (Å²) in [6.45, 7) is 7.80. The van der Waals surface area contributed by atoms with Crippen molar-refractivity contribution in [1.29, 1.82) is 0 Å². The third kappa shape index (κ3) is 3.07. The molecule has 2 aromatic heterocycles. The first kappa shape index (κ1) is 14.4. The minimum absolute atomic E-state index is 0.0985. The second-order valence-electron chi connectivity index (χ2n) is 5.97. The Balaban J connectivity index is 1.90. The van der Waals surface area contributed by atoms with E-state index in [1.54, 1.807) is 11.3 Å². The average Bonchev–Trinajstić information content (AvgIpc) is 2.95. The highest BCUT2D eigenvalue weighted by Crippen LogP contribution is 2.29. The predicted molar refractivity (Wildman–Crippen MR) is 87.5 cm³/mol. The van der Waals surface area contributed by atoms with E-state index >= 15 is 0 Å². The van der Waals surface area contributed by atoms with Gasteiger partial charge >= 0.3 is 0 Å². The molecule has 0 saturated carbocycles. The Bertz CT molecular complexity index is 622. The third-order valence-corrected chi connectivity index (χ3v) is 4.70. The standard InChI is InChI=1S/C15H21N5S/c1-15(2)10-20(5-4-18-15)13-9-17-8-12(19-13)14-11(7-16)3-6-21-14/h3,6,8-9,18H,4-5,7,10,16H2,1-2H3. The number of thiophene rings is 1. The van der Waals surface area contributed by atoms with Gasteiger partial charge < -0.3 is 16.0 Å². The van der Waals surface area contributed by atoms with E-state index < -0.39 is 0 Å². The van der Waals surface area contributed by atoms with Gasteiger partial charge in [-0.3, -0.25) is 4.98 Å². The van der Waals surface area contributed by atoms with Crippen molar-refractivity contribution in [3.05, 3.63) is 29.4 Å². The molecule has 1 aliphatic heterocycles. The molecule has 0 aromatic carbocycles. The zero-order chi connectivity index (χ0) is 14.9. The molecule has 5 nitrogen and oxygen atoms in total. The summed E-state index contributed by atoms with van der Waals surface area (Å²) >= 11 is 1.67. The van der Waals surface area contributed by atoms with E-state index in [2.05, 4.69) is 40.5 Å². The van der Waals surface area contributed by atoms with Crippen LogP contribution in [-0.4, -0.2) is 35.1 Å². The smallest absolute Gasteiger partial charge is 0.147 e. The molecule has 1 saturated heterocycles. The van der Waals surface area contributed by atoms with Crippen LogP contribution in [0.2, 0.25) is 0 Å². The Kier molecular flexibility index (Phi) is 3.93. The molecule has 3 heterocycles. The number of aromatic nitrogens is 2. The number of nitrogens with zero attached hydrogens (tertiary/aromatic N) is 3. The minimum Gasteiger partial charge on any atom is -0.352 e. The Morgan fingerprint density at radius 2 is 2.29 bits per heavy atom. The maximum atomic E-state index is 5.79. The van der Waals surface area contributed by atoms with Crippen LogP contribution in [0.5, 0.6) is 0 Å². The molecule has 0 atom stereocenters. The van der Waals surface area contributed by atoms with Gasteiger partial charge in [0.1, 0.15) is 11.5 Å². The van der Waals surface area contributed by atoms with E-state index in [9.17, 15) is 0 Å². The summed E-state index contributed by atoms with van der Waals surface area (Å²) in [6, 6.07) is 2.06. The number of anilines is 1. The normalized spacial score (nSPS) is 18.0. The van der Waals surface area contributed by atoms with E-state index in [-0.39, 0.29) is 5.54 Å². The SMILES string of the molecule is CC1(C)CN(c2cncc(-c3sccc3CN)n2)CCN1. The second kappa shape index (κ2) is 5.71. The van der Waals surface area contributed by atoms with Crippen molar-refractivity contribution in [2.75, 3.05) is 24.5 Å². The average molecular weight is 303 g/mol. The summed E-state index contributed by atoms with van der Waals surface area (Å²) < 4.78 is 0. The highest BCUT2D eigenvalue weighted by molar-refractivity contribution is 7.13. The van der Waals surface area contributed by atoms with Gasteiger partial charge in [0.05, 0.1) is 17.3 Å². The van der Waals surface area contributed by atoms with Crippen LogP contribution in [0.3, 0.4) is 0 Å². The Hall–Kier alpha value is -1.50. The molecular weight excluding hydrogens is 282 g/mol. The molecule has 1 fully saturated rings. The van der Waals surface area contributed by atoms with Gasteiger partial charge in [0, 0.05) is 31.7 Å². The maximum absolute atomic E-state index is 5.79. The van der Waals surface area contributed by atoms with Crippen molar-refractivity contribution in [3.63, 3.8) is 0 Å². The fourth-order valence-corrected chi connectivity index (χ4v) is 3.57. The van der Waals surface area contributed by atoms with Crippen LogP contribution in [0.15, 0.2) is 23.8 Å². The quantitative estimate of drug-likeness (QED) is 0.906. The molecule has 1 aliphatic rings. The summed E-state index contributed by atoms with van der Waals surface area (Å²) in [6.07, 6.45) is 3.67. The van der Waals surface area contributed by atoms with Gasteiger partial charge in [0.25, 0.3) is 0 Å². The Morgan fingerprint density at radius 3 is 3.05 bits per heavy atom. The highest BCUT2D eigenvalue weighted by atomic mass is 32.1. The van der Waals surface area contributed by atoms with E-state index in [4.69, 9.17) is 10.7 Å². The topological polar surface area (TPSA) is 67.1 Å². The highest BCUT2D eigenvalue weighted by Gasteiger charge is 2.26. The van der Waals surface area contributed by atoms with Crippen molar-refractivity contribution < 1.29 is 0 Å². The fourth-order valence-electron chi connectivity index (χ4n) is 2.68. The van der Waals surface area contributed by atoms with Crippen molar-refractivity contribution in [1.82, 2.24) is 15.3 Å². The van der Waals surface area contributed by atoms with Crippen LogP contribution < -0.4 is 16.0 Å². The molecule has 0 amide bonds. The number of rotatable bonds is 3. The minimum atomic E-state index is 0.0985. The summed E-state index contributed by atoms with van der Waals surface area (Å²) in [7, 11) is 0. The zero-order valence-corrected chi connectivity index (χ0v) is 13.3. The molecule has 0 aliphatic carbocycles. The lowest BCUT2D eigenvalue weighted by Gasteiger charge is -2.39. The lowest BCUT2D eigenvalue weighted by Crippen LogP contribution is -2.57. The van der Waals surface area contributed by atoms with E-state index in [1.165, 1.54) is 0 Å². The third-order valence-electron chi connectivity index (χ3n) is 3.72. The van der Waals surface area contributed by atoms with Crippen molar-refractivity contribution in [3.8, 4) is 10.6 Å². The lowest BCUT2D eigenvalue weighted by atomic mass is 10.0.